The van der Waals surface area contributed by atoms with Gasteiger partial charge in [-0.1, -0.05) is 33.6 Å². The number of benzene rings is 2. The molecule has 0 amide bonds. The minimum atomic E-state index is -0.540. The Morgan fingerprint density at radius 3 is 2.72 bits per heavy atom. The van der Waals surface area contributed by atoms with Crippen molar-refractivity contribution in [2.75, 3.05) is 0 Å². The molecule has 5 nitrogen and oxygen atoms in total. The molecule has 25 heavy (non-hydrogen) atoms. The Morgan fingerprint density at radius 1 is 1.20 bits per heavy atom. The lowest BCUT2D eigenvalue weighted by Gasteiger charge is -2.02. The highest BCUT2D eigenvalue weighted by Crippen LogP contribution is 2.31. The van der Waals surface area contributed by atoms with Crippen LogP contribution < -0.4 is 0 Å². The molecule has 2 aromatic carbocycles. The van der Waals surface area contributed by atoms with Crippen LogP contribution in [0.4, 0.5) is 11.4 Å². The maximum Gasteiger partial charge on any atom is 0.290 e. The molecule has 0 N–H and O–H groups in total. The highest BCUT2D eigenvalue weighted by molar-refractivity contribution is 9.10. The molecule has 1 aromatic heterocycles. The Balaban J connectivity index is 1.85. The fourth-order valence-corrected chi connectivity index (χ4v) is 3.12. The summed E-state index contributed by atoms with van der Waals surface area (Å²) < 4.78 is 6.72. The molecular weight excluding hydrogens is 408 g/mol. The molecule has 0 bridgehead atoms. The van der Waals surface area contributed by atoms with Crippen LogP contribution >= 0.6 is 27.5 Å². The normalized spacial score (nSPS) is 11.2. The van der Waals surface area contributed by atoms with E-state index in [-0.39, 0.29) is 10.7 Å². The van der Waals surface area contributed by atoms with Gasteiger partial charge in [-0.05, 0) is 48.9 Å². The average Bonchev–Trinajstić information content (AvgIpc) is 3.02. The third kappa shape index (κ3) is 3.97. The second kappa shape index (κ2) is 7.21. The van der Waals surface area contributed by atoms with E-state index in [0.717, 1.165) is 15.6 Å². The Kier molecular flexibility index (Phi) is 5.01. The summed E-state index contributed by atoms with van der Waals surface area (Å²) in [5.41, 5.74) is 2.33. The van der Waals surface area contributed by atoms with Crippen molar-refractivity contribution >= 4 is 45.1 Å². The standard InChI is InChI=1S/C18H12BrClN2O3/c1-11-2-5-14(15(19)8-11)18-7-4-13(25-18)10-21-12-3-6-16(20)17(9-12)22(23)24/h2-10H,1H3. The molecule has 0 radical (unpaired) electrons. The van der Waals surface area contributed by atoms with Gasteiger partial charge in [-0.15, -0.1) is 0 Å². The van der Waals surface area contributed by atoms with E-state index in [1.165, 1.54) is 18.3 Å². The smallest absolute Gasteiger partial charge is 0.290 e. The highest BCUT2D eigenvalue weighted by atomic mass is 79.9. The predicted molar refractivity (Wildman–Crippen MR) is 102 cm³/mol. The van der Waals surface area contributed by atoms with Crippen molar-refractivity contribution in [2.24, 2.45) is 4.99 Å². The van der Waals surface area contributed by atoms with Crippen LogP contribution in [0.1, 0.15) is 11.3 Å². The maximum atomic E-state index is 10.9. The number of rotatable bonds is 4. The molecule has 126 valence electrons. The summed E-state index contributed by atoms with van der Waals surface area (Å²) in [6.07, 6.45) is 1.51. The van der Waals surface area contributed by atoms with Crippen molar-refractivity contribution in [3.63, 3.8) is 0 Å². The van der Waals surface area contributed by atoms with Crippen LogP contribution in [0.2, 0.25) is 5.02 Å². The number of nitro benzene ring substituents is 1. The van der Waals surface area contributed by atoms with Gasteiger partial charge in [-0.25, -0.2) is 0 Å². The SMILES string of the molecule is Cc1ccc(-c2ccc(C=Nc3ccc(Cl)c([N+](=O)[O-])c3)o2)c(Br)c1. The van der Waals surface area contributed by atoms with Gasteiger partial charge in [0.25, 0.3) is 5.69 Å². The first-order chi connectivity index (χ1) is 11.9. The van der Waals surface area contributed by atoms with E-state index < -0.39 is 4.92 Å². The van der Waals surface area contributed by atoms with E-state index in [0.29, 0.717) is 17.2 Å². The van der Waals surface area contributed by atoms with Gasteiger partial charge in [0.15, 0.2) is 0 Å². The van der Waals surface area contributed by atoms with Gasteiger partial charge in [-0.3, -0.25) is 15.1 Å². The number of hydrogen-bond acceptors (Lipinski definition) is 4. The maximum absolute atomic E-state index is 10.9. The largest absolute Gasteiger partial charge is 0.455 e. The van der Waals surface area contributed by atoms with Gasteiger partial charge in [0.05, 0.1) is 16.8 Å². The Morgan fingerprint density at radius 2 is 2.00 bits per heavy atom. The molecule has 3 rings (SSSR count). The lowest BCUT2D eigenvalue weighted by atomic mass is 10.1. The first-order valence-corrected chi connectivity index (χ1v) is 8.45. The lowest BCUT2D eigenvalue weighted by Crippen LogP contribution is -1.88. The Hall–Kier alpha value is -2.44. The number of furan rings is 1. The molecule has 0 saturated heterocycles. The summed E-state index contributed by atoms with van der Waals surface area (Å²) in [6.45, 7) is 2.01. The molecule has 0 saturated carbocycles. The molecular formula is C18H12BrClN2O3. The summed E-state index contributed by atoms with van der Waals surface area (Å²) in [7, 11) is 0. The number of aliphatic imine (C=N–C) groups is 1. The van der Waals surface area contributed by atoms with E-state index >= 15 is 0 Å². The summed E-state index contributed by atoms with van der Waals surface area (Å²) in [5, 5.41) is 11.0. The Labute approximate surface area is 157 Å². The van der Waals surface area contributed by atoms with Crippen molar-refractivity contribution in [3.05, 3.63) is 79.5 Å². The van der Waals surface area contributed by atoms with Gasteiger partial charge in [-0.2, -0.15) is 0 Å². The van der Waals surface area contributed by atoms with Gasteiger partial charge in [0.2, 0.25) is 0 Å². The van der Waals surface area contributed by atoms with Crippen molar-refractivity contribution in [1.29, 1.82) is 0 Å². The molecule has 0 aliphatic heterocycles. The molecule has 0 atom stereocenters. The third-order valence-corrected chi connectivity index (χ3v) is 4.46. The van der Waals surface area contributed by atoms with Gasteiger partial charge in [0, 0.05) is 16.1 Å². The second-order valence-electron chi connectivity index (χ2n) is 5.34. The molecule has 0 aliphatic carbocycles. The molecule has 1 heterocycles. The van der Waals surface area contributed by atoms with Crippen molar-refractivity contribution in [2.45, 2.75) is 6.92 Å². The molecule has 3 aromatic rings. The second-order valence-corrected chi connectivity index (χ2v) is 6.60. The van der Waals surface area contributed by atoms with Crippen LogP contribution in [-0.4, -0.2) is 11.1 Å². The van der Waals surface area contributed by atoms with Crippen LogP contribution in [0.3, 0.4) is 0 Å². The van der Waals surface area contributed by atoms with Crippen molar-refractivity contribution < 1.29 is 9.34 Å². The van der Waals surface area contributed by atoms with Crippen LogP contribution in [0.15, 0.2) is 62.4 Å². The van der Waals surface area contributed by atoms with E-state index in [1.54, 1.807) is 12.1 Å². The van der Waals surface area contributed by atoms with Crippen molar-refractivity contribution in [1.82, 2.24) is 0 Å². The summed E-state index contributed by atoms with van der Waals surface area (Å²) >= 11 is 9.32. The van der Waals surface area contributed by atoms with E-state index in [4.69, 9.17) is 16.0 Å². The zero-order valence-electron chi connectivity index (χ0n) is 13.1. The minimum Gasteiger partial charge on any atom is -0.455 e. The number of hydrogen-bond donors (Lipinski definition) is 0. The zero-order chi connectivity index (χ0) is 18.0. The van der Waals surface area contributed by atoms with Crippen LogP contribution in [0.5, 0.6) is 0 Å². The average molecular weight is 420 g/mol. The minimum absolute atomic E-state index is 0.0773. The van der Waals surface area contributed by atoms with Gasteiger partial charge >= 0.3 is 0 Å². The van der Waals surface area contributed by atoms with E-state index in [9.17, 15) is 10.1 Å². The lowest BCUT2D eigenvalue weighted by molar-refractivity contribution is -0.384. The number of aryl methyl sites for hydroxylation is 1. The topological polar surface area (TPSA) is 68.6 Å². The quantitative estimate of drug-likeness (QED) is 0.282. The highest BCUT2D eigenvalue weighted by Gasteiger charge is 2.12. The van der Waals surface area contributed by atoms with Gasteiger partial charge in [0.1, 0.15) is 16.5 Å². The number of nitro groups is 1. The van der Waals surface area contributed by atoms with Crippen molar-refractivity contribution in [3.8, 4) is 11.3 Å². The molecule has 0 aliphatic rings. The number of halogens is 2. The fourth-order valence-electron chi connectivity index (χ4n) is 2.25. The Bertz CT molecular complexity index is 982. The number of nitrogens with zero attached hydrogens (tertiary/aromatic N) is 2. The predicted octanol–water partition coefficient (Wildman–Crippen LogP) is 6.33. The van der Waals surface area contributed by atoms with Crippen LogP contribution in [-0.2, 0) is 0 Å². The van der Waals surface area contributed by atoms with Crippen LogP contribution in [0.25, 0.3) is 11.3 Å². The third-order valence-electron chi connectivity index (χ3n) is 3.48. The fraction of sp³-hybridized carbons (Fsp3) is 0.0556. The van der Waals surface area contributed by atoms with E-state index in [2.05, 4.69) is 20.9 Å². The zero-order valence-corrected chi connectivity index (χ0v) is 15.4. The molecule has 0 spiro atoms. The summed E-state index contributed by atoms with van der Waals surface area (Å²) in [4.78, 5) is 14.6. The molecule has 0 fully saturated rings. The monoisotopic (exact) mass is 418 g/mol. The van der Waals surface area contributed by atoms with E-state index in [1.807, 2.05) is 31.2 Å². The van der Waals surface area contributed by atoms with Gasteiger partial charge < -0.3 is 4.42 Å². The molecule has 7 heteroatoms. The van der Waals surface area contributed by atoms with Crippen LogP contribution in [0, 0.1) is 17.0 Å². The molecule has 0 unspecified atom stereocenters. The summed E-state index contributed by atoms with van der Waals surface area (Å²) in [5.74, 6) is 1.25. The first-order valence-electron chi connectivity index (χ1n) is 7.28. The summed E-state index contributed by atoms with van der Waals surface area (Å²) in [6, 6.07) is 14.0. The first kappa shape index (κ1) is 17.4.